The third-order valence-electron chi connectivity index (χ3n) is 5.26. The summed E-state index contributed by atoms with van der Waals surface area (Å²) < 4.78 is 0. The van der Waals surface area contributed by atoms with Crippen LogP contribution in [0.4, 0.5) is 16.4 Å². The summed E-state index contributed by atoms with van der Waals surface area (Å²) in [6.45, 7) is 1.96. The smallest absolute Gasteiger partial charge is 0.258 e. The summed E-state index contributed by atoms with van der Waals surface area (Å²) in [6, 6.07) is 13.4. The first-order chi connectivity index (χ1) is 14.9. The molecule has 0 aliphatic heterocycles. The molecule has 1 heterocycles. The second-order valence-electron chi connectivity index (χ2n) is 7.53. The minimum atomic E-state index is -0.364. The van der Waals surface area contributed by atoms with E-state index in [0.717, 1.165) is 41.7 Å². The van der Waals surface area contributed by atoms with Gasteiger partial charge in [0.2, 0.25) is 0 Å². The van der Waals surface area contributed by atoms with Crippen molar-refractivity contribution >= 4 is 39.5 Å². The molecule has 2 aromatic carbocycles. The van der Waals surface area contributed by atoms with Gasteiger partial charge in [-0.1, -0.05) is 12.1 Å². The fourth-order valence-corrected chi connectivity index (χ4v) is 5.01. The minimum absolute atomic E-state index is 0.0112. The average molecular weight is 438 g/mol. The summed E-state index contributed by atoms with van der Waals surface area (Å²) in [5, 5.41) is 24.5. The Balaban J connectivity index is 1.62. The molecule has 0 spiro atoms. The fraction of sp³-hybridized carbons (Fsp3) is 0.217. The summed E-state index contributed by atoms with van der Waals surface area (Å²) in [5.74, 6) is -0.593. The second kappa shape index (κ2) is 8.89. The van der Waals surface area contributed by atoms with Crippen molar-refractivity contribution in [3.05, 3.63) is 75.7 Å². The highest BCUT2D eigenvalue weighted by Gasteiger charge is 2.26. The highest BCUT2D eigenvalue weighted by molar-refractivity contribution is 7.17. The van der Waals surface area contributed by atoms with E-state index in [9.17, 15) is 9.59 Å². The molecule has 160 valence electrons. The highest BCUT2D eigenvalue weighted by atomic mass is 32.1. The number of rotatable bonds is 5. The molecule has 0 bridgehead atoms. The lowest BCUT2D eigenvalue weighted by atomic mass is 9.95. The molecule has 0 saturated heterocycles. The van der Waals surface area contributed by atoms with Crippen LogP contribution in [0.15, 0.2) is 48.5 Å². The van der Waals surface area contributed by atoms with Crippen molar-refractivity contribution in [3.63, 3.8) is 0 Å². The quantitative estimate of drug-likeness (QED) is 0.420. The van der Waals surface area contributed by atoms with Crippen LogP contribution in [0.2, 0.25) is 0 Å². The lowest BCUT2D eigenvalue weighted by molar-refractivity contribution is 0.0291. The van der Waals surface area contributed by atoms with E-state index in [1.165, 1.54) is 35.6 Å². The minimum Gasteiger partial charge on any atom is -0.322 e. The van der Waals surface area contributed by atoms with Crippen LogP contribution in [0.3, 0.4) is 0 Å². The van der Waals surface area contributed by atoms with Gasteiger partial charge in [-0.25, -0.2) is 0 Å². The maximum absolute atomic E-state index is 13.2. The maximum atomic E-state index is 13.2. The third-order valence-corrected chi connectivity index (χ3v) is 6.47. The van der Waals surface area contributed by atoms with Gasteiger partial charge in [0.1, 0.15) is 5.00 Å². The van der Waals surface area contributed by atoms with E-state index in [0.29, 0.717) is 21.8 Å². The van der Waals surface area contributed by atoms with Gasteiger partial charge in [0, 0.05) is 16.1 Å². The fourth-order valence-electron chi connectivity index (χ4n) is 3.73. The maximum Gasteiger partial charge on any atom is 0.258 e. The van der Waals surface area contributed by atoms with E-state index in [-0.39, 0.29) is 22.7 Å². The zero-order valence-corrected chi connectivity index (χ0v) is 17.8. The molecule has 0 saturated carbocycles. The van der Waals surface area contributed by atoms with Gasteiger partial charge in [-0.3, -0.25) is 20.0 Å². The highest BCUT2D eigenvalue weighted by Crippen LogP contribution is 2.39. The van der Waals surface area contributed by atoms with Crippen LogP contribution in [0.5, 0.6) is 0 Å². The van der Waals surface area contributed by atoms with Crippen LogP contribution in [0, 0.1) is 6.92 Å². The number of nitrogens with zero attached hydrogens (tertiary/aromatic N) is 1. The Morgan fingerprint density at radius 1 is 0.968 bits per heavy atom. The van der Waals surface area contributed by atoms with Crippen molar-refractivity contribution in [1.29, 1.82) is 0 Å². The van der Waals surface area contributed by atoms with Gasteiger partial charge >= 0.3 is 0 Å². The molecule has 0 fully saturated rings. The molecule has 0 radical (unpaired) electrons. The van der Waals surface area contributed by atoms with Crippen molar-refractivity contribution in [2.24, 2.45) is 0 Å². The van der Waals surface area contributed by atoms with E-state index in [1.54, 1.807) is 0 Å². The number of benzene rings is 2. The predicted molar refractivity (Wildman–Crippen MR) is 121 cm³/mol. The topological polar surface area (TPSA) is 102 Å². The number of thiophene rings is 1. The summed E-state index contributed by atoms with van der Waals surface area (Å²) in [5.41, 5.74) is 3.80. The van der Waals surface area contributed by atoms with Crippen LogP contribution < -0.4 is 15.9 Å². The number of anilines is 3. The van der Waals surface area contributed by atoms with E-state index in [4.69, 9.17) is 10.4 Å². The Hall–Kier alpha value is -3.20. The molecule has 8 heteroatoms. The van der Waals surface area contributed by atoms with Crippen molar-refractivity contribution in [3.8, 4) is 0 Å². The number of carbonyl (C=O) groups is 2. The van der Waals surface area contributed by atoms with Gasteiger partial charge < -0.3 is 10.6 Å². The van der Waals surface area contributed by atoms with Gasteiger partial charge in [0.15, 0.2) is 0 Å². The van der Waals surface area contributed by atoms with Crippen molar-refractivity contribution in [2.45, 2.75) is 32.6 Å². The third kappa shape index (κ3) is 4.61. The number of nitrogens with one attached hydrogen (secondary N) is 2. The lowest BCUT2D eigenvalue weighted by Gasteiger charge is -2.13. The zero-order valence-electron chi connectivity index (χ0n) is 17.0. The predicted octanol–water partition coefficient (Wildman–Crippen LogP) is 5.02. The molecule has 1 aliphatic carbocycles. The van der Waals surface area contributed by atoms with Crippen molar-refractivity contribution < 1.29 is 20.0 Å². The SMILES string of the molecule is Cc1cccc(NC(=O)c2c(NC(=O)c3ccc(N(O)O)cc3)sc3c2CCCC3)c1. The van der Waals surface area contributed by atoms with E-state index in [2.05, 4.69) is 10.6 Å². The summed E-state index contributed by atoms with van der Waals surface area (Å²) >= 11 is 1.45. The molecule has 1 aromatic heterocycles. The Kier molecular flexibility index (Phi) is 6.03. The molecule has 2 amide bonds. The molecule has 7 nitrogen and oxygen atoms in total. The Bertz CT molecular complexity index is 1120. The number of amides is 2. The van der Waals surface area contributed by atoms with Crippen LogP contribution in [0.25, 0.3) is 0 Å². The first-order valence-corrected chi connectivity index (χ1v) is 10.9. The first-order valence-electron chi connectivity index (χ1n) is 10.0. The number of fused-ring (bicyclic) bond motifs is 1. The number of aryl methyl sites for hydroxylation is 2. The van der Waals surface area contributed by atoms with Crippen LogP contribution in [0.1, 0.15) is 49.6 Å². The van der Waals surface area contributed by atoms with Gasteiger partial charge in [-0.15, -0.1) is 16.6 Å². The zero-order chi connectivity index (χ0) is 22.0. The number of carbonyl (C=O) groups excluding carboxylic acids is 2. The number of hydrogen-bond donors (Lipinski definition) is 4. The molecular weight excluding hydrogens is 414 g/mol. The number of hydrogen-bond acceptors (Lipinski definition) is 6. The molecule has 3 aromatic rings. The summed E-state index contributed by atoms with van der Waals surface area (Å²) in [6.07, 6.45) is 3.80. The largest absolute Gasteiger partial charge is 0.322 e. The van der Waals surface area contributed by atoms with Gasteiger partial charge in [-0.05, 0) is 80.1 Å². The molecule has 4 N–H and O–H groups in total. The van der Waals surface area contributed by atoms with E-state index in [1.807, 2.05) is 31.2 Å². The summed E-state index contributed by atoms with van der Waals surface area (Å²) in [4.78, 5) is 27.2. The molecule has 4 rings (SSSR count). The molecule has 0 unspecified atom stereocenters. The van der Waals surface area contributed by atoms with Crippen molar-refractivity contribution in [2.75, 3.05) is 15.9 Å². The molecule has 0 atom stereocenters. The molecular formula is C23H23N3O4S. The van der Waals surface area contributed by atoms with Crippen LogP contribution in [-0.4, -0.2) is 22.2 Å². The van der Waals surface area contributed by atoms with Gasteiger partial charge in [0.25, 0.3) is 11.8 Å². The van der Waals surface area contributed by atoms with E-state index >= 15 is 0 Å². The lowest BCUT2D eigenvalue weighted by Crippen LogP contribution is -2.19. The van der Waals surface area contributed by atoms with Crippen molar-refractivity contribution in [1.82, 2.24) is 0 Å². The Morgan fingerprint density at radius 2 is 1.71 bits per heavy atom. The van der Waals surface area contributed by atoms with E-state index < -0.39 is 0 Å². The van der Waals surface area contributed by atoms with Crippen LogP contribution in [-0.2, 0) is 12.8 Å². The summed E-state index contributed by atoms with van der Waals surface area (Å²) in [7, 11) is 0. The second-order valence-corrected chi connectivity index (χ2v) is 8.63. The molecule has 31 heavy (non-hydrogen) atoms. The van der Waals surface area contributed by atoms with Gasteiger partial charge in [0.05, 0.1) is 11.3 Å². The van der Waals surface area contributed by atoms with Crippen LogP contribution >= 0.6 is 11.3 Å². The normalized spacial score (nSPS) is 12.7. The first kappa shape index (κ1) is 21.0. The Morgan fingerprint density at radius 3 is 2.42 bits per heavy atom. The Labute approximate surface area is 183 Å². The monoisotopic (exact) mass is 437 g/mol. The average Bonchev–Trinajstić information content (AvgIpc) is 3.11. The molecule has 1 aliphatic rings. The van der Waals surface area contributed by atoms with Gasteiger partial charge in [-0.2, -0.15) is 0 Å². The standard InChI is InChI=1S/C23H23N3O4S/c1-14-5-4-6-16(13-14)24-22(28)20-18-7-2-3-8-19(18)31-23(20)25-21(27)15-9-11-17(12-10-15)26(29)30/h4-6,9-13,29-30H,2-3,7-8H2,1H3,(H,24,28)(H,25,27).